The van der Waals surface area contributed by atoms with Crippen LogP contribution in [-0.4, -0.2) is 53.6 Å². The number of nitro benzene ring substituents is 2. The van der Waals surface area contributed by atoms with E-state index < -0.39 is 44.6 Å². The van der Waals surface area contributed by atoms with Crippen molar-refractivity contribution in [3.05, 3.63) is 73.8 Å². The minimum Gasteiger partial charge on any atom is -0.360 e. The van der Waals surface area contributed by atoms with Crippen LogP contribution >= 0.6 is 0 Å². The predicted octanol–water partition coefficient (Wildman–Crippen LogP) is 4.23. The normalized spacial score (nSPS) is 20.9. The van der Waals surface area contributed by atoms with Crippen molar-refractivity contribution in [2.75, 3.05) is 31.6 Å². The molecule has 2 heterocycles. The molecule has 0 aromatic heterocycles. The number of anilines is 1. The SMILES string of the molecule is CN1O[C@H](CNC(=O)C2CCN(c3c([N+](=O)[O-])cc(C(F)(F)F)cc3[N+](=O)[O-])CC2)C[C@@H]1c1ccccc1. The molecule has 2 fully saturated rings. The Hall–Kier alpha value is -3.78. The summed E-state index contributed by atoms with van der Waals surface area (Å²) in [6.07, 6.45) is -4.09. The van der Waals surface area contributed by atoms with Crippen LogP contribution in [0.1, 0.15) is 36.4 Å². The zero-order chi connectivity index (χ0) is 27.6. The predicted molar refractivity (Wildman–Crippen MR) is 129 cm³/mol. The minimum atomic E-state index is -4.99. The molecule has 2 atom stereocenters. The lowest BCUT2D eigenvalue weighted by Gasteiger charge is -2.32. The molecule has 0 aliphatic carbocycles. The molecular formula is C24H26F3N5O6. The zero-order valence-electron chi connectivity index (χ0n) is 20.4. The summed E-state index contributed by atoms with van der Waals surface area (Å²) in [7, 11) is 1.83. The molecular weight excluding hydrogens is 511 g/mol. The molecule has 1 N–H and O–H groups in total. The number of nitrogens with zero attached hydrogens (tertiary/aromatic N) is 4. The van der Waals surface area contributed by atoms with Crippen LogP contribution in [-0.2, 0) is 15.8 Å². The highest BCUT2D eigenvalue weighted by molar-refractivity contribution is 5.80. The maximum Gasteiger partial charge on any atom is 0.416 e. The molecule has 4 rings (SSSR count). The van der Waals surface area contributed by atoms with Gasteiger partial charge in [0.2, 0.25) is 5.91 Å². The summed E-state index contributed by atoms with van der Waals surface area (Å²) in [4.78, 5) is 40.9. The lowest BCUT2D eigenvalue weighted by atomic mass is 9.94. The molecule has 0 unspecified atom stereocenters. The van der Waals surface area contributed by atoms with Crippen molar-refractivity contribution in [1.82, 2.24) is 10.4 Å². The van der Waals surface area contributed by atoms with Crippen molar-refractivity contribution in [1.29, 1.82) is 0 Å². The van der Waals surface area contributed by atoms with Gasteiger partial charge in [-0.05, 0) is 24.8 Å². The van der Waals surface area contributed by atoms with E-state index in [-0.39, 0.29) is 50.5 Å². The summed E-state index contributed by atoms with van der Waals surface area (Å²) in [6, 6.07) is 10.5. The average Bonchev–Trinajstić information content (AvgIpc) is 3.26. The van der Waals surface area contributed by atoms with Crippen molar-refractivity contribution in [3.63, 3.8) is 0 Å². The van der Waals surface area contributed by atoms with E-state index in [9.17, 15) is 38.2 Å². The summed E-state index contributed by atoms with van der Waals surface area (Å²) in [6.45, 7) is 0.344. The fourth-order valence-corrected chi connectivity index (χ4v) is 4.99. The molecule has 38 heavy (non-hydrogen) atoms. The van der Waals surface area contributed by atoms with Gasteiger partial charge in [-0.1, -0.05) is 30.3 Å². The van der Waals surface area contributed by atoms with Crippen molar-refractivity contribution in [2.45, 2.75) is 37.6 Å². The van der Waals surface area contributed by atoms with E-state index in [1.807, 2.05) is 37.4 Å². The molecule has 0 bridgehead atoms. The first-order chi connectivity index (χ1) is 18.0. The Bertz CT molecular complexity index is 1170. The van der Waals surface area contributed by atoms with E-state index in [4.69, 9.17) is 4.84 Å². The van der Waals surface area contributed by atoms with Gasteiger partial charge in [-0.3, -0.25) is 29.9 Å². The second-order valence-corrected chi connectivity index (χ2v) is 9.32. The Balaban J connectivity index is 1.38. The third kappa shape index (κ3) is 5.86. The van der Waals surface area contributed by atoms with Gasteiger partial charge in [-0.25, -0.2) is 0 Å². The van der Waals surface area contributed by atoms with Gasteiger partial charge in [0.25, 0.3) is 11.4 Å². The Morgan fingerprint density at radius 3 is 2.18 bits per heavy atom. The number of halogens is 3. The smallest absolute Gasteiger partial charge is 0.360 e. The topological polar surface area (TPSA) is 131 Å². The van der Waals surface area contributed by atoms with Crippen LogP contribution in [0.25, 0.3) is 0 Å². The van der Waals surface area contributed by atoms with Gasteiger partial charge in [0.05, 0.1) is 27.6 Å². The lowest BCUT2D eigenvalue weighted by Crippen LogP contribution is -2.42. The largest absolute Gasteiger partial charge is 0.416 e. The summed E-state index contributed by atoms with van der Waals surface area (Å²) >= 11 is 0. The van der Waals surface area contributed by atoms with Gasteiger partial charge < -0.3 is 10.2 Å². The lowest BCUT2D eigenvalue weighted by molar-refractivity contribution is -0.393. The molecule has 2 aromatic rings. The van der Waals surface area contributed by atoms with Crippen molar-refractivity contribution in [3.8, 4) is 0 Å². The van der Waals surface area contributed by atoms with Gasteiger partial charge in [-0.15, -0.1) is 0 Å². The van der Waals surface area contributed by atoms with E-state index in [1.54, 1.807) is 5.06 Å². The van der Waals surface area contributed by atoms with Crippen molar-refractivity contribution < 1.29 is 32.6 Å². The van der Waals surface area contributed by atoms with Crippen LogP contribution in [0, 0.1) is 26.1 Å². The first-order valence-corrected chi connectivity index (χ1v) is 12.0. The molecule has 1 amide bonds. The molecule has 2 aliphatic heterocycles. The second kappa shape index (κ2) is 10.9. The number of hydrogen-bond donors (Lipinski definition) is 1. The first-order valence-electron chi connectivity index (χ1n) is 12.0. The monoisotopic (exact) mass is 537 g/mol. The van der Waals surface area contributed by atoms with Gasteiger partial charge in [0, 0.05) is 44.7 Å². The fraction of sp³-hybridized carbons (Fsp3) is 0.458. The fourth-order valence-electron chi connectivity index (χ4n) is 4.99. The Labute approximate surface area is 215 Å². The molecule has 0 saturated carbocycles. The number of rotatable bonds is 7. The summed E-state index contributed by atoms with van der Waals surface area (Å²) in [5.74, 6) is -0.696. The number of carbonyl (C=O) groups excluding carboxylic acids is 1. The van der Waals surface area contributed by atoms with Crippen LogP contribution in [0.4, 0.5) is 30.2 Å². The number of amides is 1. The second-order valence-electron chi connectivity index (χ2n) is 9.32. The molecule has 2 aliphatic rings. The summed E-state index contributed by atoms with van der Waals surface area (Å²) in [5, 5.41) is 27.7. The highest BCUT2D eigenvalue weighted by Gasteiger charge is 2.40. The van der Waals surface area contributed by atoms with Crippen molar-refractivity contribution >= 4 is 23.0 Å². The number of hydrogen-bond acceptors (Lipinski definition) is 8. The van der Waals surface area contributed by atoms with Gasteiger partial charge in [0.15, 0.2) is 5.69 Å². The molecule has 11 nitrogen and oxygen atoms in total. The number of carbonyl (C=O) groups is 1. The number of nitro groups is 2. The van der Waals surface area contributed by atoms with Crippen LogP contribution in [0.2, 0.25) is 0 Å². The Morgan fingerprint density at radius 1 is 1.08 bits per heavy atom. The highest BCUT2D eigenvalue weighted by atomic mass is 19.4. The van der Waals surface area contributed by atoms with E-state index in [0.29, 0.717) is 18.6 Å². The molecule has 0 spiro atoms. The molecule has 2 aromatic carbocycles. The van der Waals surface area contributed by atoms with Crippen LogP contribution in [0.15, 0.2) is 42.5 Å². The van der Waals surface area contributed by atoms with Crippen LogP contribution < -0.4 is 10.2 Å². The number of nitrogens with one attached hydrogen (secondary N) is 1. The number of piperidine rings is 1. The molecule has 0 radical (unpaired) electrons. The zero-order valence-corrected chi connectivity index (χ0v) is 20.4. The van der Waals surface area contributed by atoms with E-state index in [2.05, 4.69) is 5.32 Å². The van der Waals surface area contributed by atoms with Gasteiger partial charge in [-0.2, -0.15) is 18.2 Å². The minimum absolute atomic E-state index is 0.0316. The standard InChI is InChI=1S/C24H26F3N5O6/c1-29-19(15-5-3-2-4-6-15)13-18(38-29)14-28-23(33)16-7-9-30(10-8-16)22-20(31(34)35)11-17(24(25,26)27)12-21(22)32(36)37/h2-6,11-12,16,18-19H,7-10,13-14H2,1H3,(H,28,33)/t18-,19+/m0/s1. The van der Waals surface area contributed by atoms with Gasteiger partial charge >= 0.3 is 6.18 Å². The highest BCUT2D eigenvalue weighted by Crippen LogP contribution is 2.44. The number of benzene rings is 2. The molecule has 204 valence electrons. The maximum atomic E-state index is 13.2. The Kier molecular flexibility index (Phi) is 7.83. The summed E-state index contributed by atoms with van der Waals surface area (Å²) in [5.41, 5.74) is -2.85. The summed E-state index contributed by atoms with van der Waals surface area (Å²) < 4.78 is 39.6. The number of alkyl halides is 3. The van der Waals surface area contributed by atoms with Crippen LogP contribution in [0.3, 0.4) is 0 Å². The average molecular weight is 537 g/mol. The van der Waals surface area contributed by atoms with E-state index in [1.165, 1.54) is 4.90 Å². The maximum absolute atomic E-state index is 13.2. The van der Waals surface area contributed by atoms with E-state index >= 15 is 0 Å². The van der Waals surface area contributed by atoms with Gasteiger partial charge in [0.1, 0.15) is 0 Å². The van der Waals surface area contributed by atoms with E-state index in [0.717, 1.165) is 5.56 Å². The van der Waals surface area contributed by atoms with Crippen LogP contribution in [0.5, 0.6) is 0 Å². The third-order valence-corrected chi connectivity index (χ3v) is 6.90. The quantitative estimate of drug-likeness (QED) is 0.410. The molecule has 14 heteroatoms. The van der Waals surface area contributed by atoms with Crippen molar-refractivity contribution in [2.24, 2.45) is 5.92 Å². The Morgan fingerprint density at radius 2 is 1.66 bits per heavy atom. The first kappa shape index (κ1) is 27.3. The number of hydroxylamine groups is 2. The molecule has 2 saturated heterocycles. The third-order valence-electron chi connectivity index (χ3n) is 6.90.